The van der Waals surface area contributed by atoms with Crippen molar-refractivity contribution in [1.82, 2.24) is 5.32 Å². The van der Waals surface area contributed by atoms with Crippen LogP contribution in [0.2, 0.25) is 0 Å². The molecule has 0 atom stereocenters. The van der Waals surface area contributed by atoms with Crippen molar-refractivity contribution < 1.29 is 0 Å². The van der Waals surface area contributed by atoms with Crippen molar-refractivity contribution in [3.8, 4) is 0 Å². The zero-order chi connectivity index (χ0) is 6.86. The molecule has 1 aliphatic carbocycles. The molecule has 2 fully saturated rings. The Morgan fingerprint density at radius 1 is 0.900 bits per heavy atom. The lowest BCUT2D eigenvalue weighted by Crippen LogP contribution is -2.38. The SMILES string of the molecule is C1CCC2(CCC2)CNC1. The van der Waals surface area contributed by atoms with E-state index in [2.05, 4.69) is 5.32 Å². The molecule has 1 spiro atoms. The topological polar surface area (TPSA) is 12.0 Å². The minimum Gasteiger partial charge on any atom is -0.316 e. The lowest BCUT2D eigenvalue weighted by Gasteiger charge is -2.41. The molecule has 0 amide bonds. The fourth-order valence-corrected chi connectivity index (χ4v) is 2.30. The lowest BCUT2D eigenvalue weighted by atomic mass is 9.66. The molecule has 58 valence electrons. The summed E-state index contributed by atoms with van der Waals surface area (Å²) in [6.07, 6.45) is 8.86. The highest BCUT2D eigenvalue weighted by Crippen LogP contribution is 2.45. The van der Waals surface area contributed by atoms with Gasteiger partial charge in [-0.3, -0.25) is 0 Å². The molecule has 0 bridgehead atoms. The fourth-order valence-electron chi connectivity index (χ4n) is 2.30. The predicted molar refractivity (Wildman–Crippen MR) is 43.0 cm³/mol. The van der Waals surface area contributed by atoms with Crippen LogP contribution in [0, 0.1) is 5.41 Å². The highest BCUT2D eigenvalue weighted by atomic mass is 14.9. The van der Waals surface area contributed by atoms with Crippen molar-refractivity contribution in [3.05, 3.63) is 0 Å². The molecule has 1 aliphatic heterocycles. The molecular weight excluding hydrogens is 122 g/mol. The van der Waals surface area contributed by atoms with Gasteiger partial charge >= 0.3 is 0 Å². The zero-order valence-corrected chi connectivity index (χ0v) is 6.66. The summed E-state index contributed by atoms with van der Waals surface area (Å²) in [6, 6.07) is 0. The molecule has 0 radical (unpaired) electrons. The van der Waals surface area contributed by atoms with Crippen LogP contribution in [-0.2, 0) is 0 Å². The largest absolute Gasteiger partial charge is 0.316 e. The number of hydrogen-bond acceptors (Lipinski definition) is 1. The van der Waals surface area contributed by atoms with Crippen LogP contribution in [0.5, 0.6) is 0 Å². The first-order valence-corrected chi connectivity index (χ1v) is 4.62. The minimum atomic E-state index is 0.774. The van der Waals surface area contributed by atoms with Crippen molar-refractivity contribution >= 4 is 0 Å². The Morgan fingerprint density at radius 2 is 1.70 bits per heavy atom. The third kappa shape index (κ3) is 1.07. The molecule has 1 N–H and O–H groups in total. The third-order valence-electron chi connectivity index (χ3n) is 3.22. The highest BCUT2D eigenvalue weighted by molar-refractivity contribution is 4.90. The van der Waals surface area contributed by atoms with Gasteiger partial charge in [0.05, 0.1) is 0 Å². The molecular formula is C9H17N. The third-order valence-corrected chi connectivity index (χ3v) is 3.22. The maximum absolute atomic E-state index is 3.54. The standard InChI is InChI=1S/C9H17N/c1-2-7-10-8-9(4-1)5-3-6-9/h10H,1-8H2. The second-order valence-corrected chi connectivity index (χ2v) is 3.99. The van der Waals surface area contributed by atoms with Gasteiger partial charge in [-0.2, -0.15) is 0 Å². The maximum Gasteiger partial charge on any atom is 0.000780 e. The van der Waals surface area contributed by atoms with Crippen LogP contribution in [-0.4, -0.2) is 13.1 Å². The van der Waals surface area contributed by atoms with E-state index in [1.54, 1.807) is 0 Å². The molecule has 0 aromatic rings. The van der Waals surface area contributed by atoms with Gasteiger partial charge in [0.2, 0.25) is 0 Å². The Bertz CT molecular complexity index is 106. The van der Waals surface area contributed by atoms with Crippen molar-refractivity contribution in [3.63, 3.8) is 0 Å². The van der Waals surface area contributed by atoms with Crippen molar-refractivity contribution in [1.29, 1.82) is 0 Å². The van der Waals surface area contributed by atoms with E-state index in [1.165, 1.54) is 51.6 Å². The molecule has 1 saturated carbocycles. The van der Waals surface area contributed by atoms with E-state index in [1.807, 2.05) is 0 Å². The van der Waals surface area contributed by atoms with Gasteiger partial charge in [-0.1, -0.05) is 12.8 Å². The van der Waals surface area contributed by atoms with Crippen LogP contribution < -0.4 is 5.32 Å². The van der Waals surface area contributed by atoms with Crippen molar-refractivity contribution in [2.45, 2.75) is 38.5 Å². The van der Waals surface area contributed by atoms with Crippen LogP contribution in [0.15, 0.2) is 0 Å². The molecule has 10 heavy (non-hydrogen) atoms. The Balaban J connectivity index is 1.92. The van der Waals surface area contributed by atoms with Gasteiger partial charge in [0.25, 0.3) is 0 Å². The van der Waals surface area contributed by atoms with Gasteiger partial charge in [0.15, 0.2) is 0 Å². The normalized spacial score (nSPS) is 31.2. The summed E-state index contributed by atoms with van der Waals surface area (Å²) in [6.45, 7) is 2.58. The average Bonchev–Trinajstić information content (AvgIpc) is 2.08. The molecule has 0 aromatic carbocycles. The molecule has 1 saturated heterocycles. The summed E-state index contributed by atoms with van der Waals surface area (Å²) in [5.74, 6) is 0. The van der Waals surface area contributed by atoms with Gasteiger partial charge in [0, 0.05) is 6.54 Å². The first-order valence-electron chi connectivity index (χ1n) is 4.62. The number of hydrogen-bond donors (Lipinski definition) is 1. The molecule has 1 nitrogen and oxygen atoms in total. The van der Waals surface area contributed by atoms with Crippen LogP contribution in [0.25, 0.3) is 0 Å². The molecule has 0 unspecified atom stereocenters. The molecule has 2 rings (SSSR count). The van der Waals surface area contributed by atoms with E-state index >= 15 is 0 Å². The Kier molecular flexibility index (Phi) is 1.69. The van der Waals surface area contributed by atoms with Crippen LogP contribution in [0.4, 0.5) is 0 Å². The fraction of sp³-hybridized carbons (Fsp3) is 1.00. The first-order chi connectivity index (χ1) is 4.91. The van der Waals surface area contributed by atoms with Crippen molar-refractivity contribution in [2.75, 3.05) is 13.1 Å². The van der Waals surface area contributed by atoms with E-state index in [0.717, 1.165) is 5.41 Å². The predicted octanol–water partition coefficient (Wildman–Crippen LogP) is 1.93. The second kappa shape index (κ2) is 2.54. The zero-order valence-electron chi connectivity index (χ0n) is 6.66. The number of nitrogens with one attached hydrogen (secondary N) is 1. The van der Waals surface area contributed by atoms with Crippen LogP contribution in [0.1, 0.15) is 38.5 Å². The Morgan fingerprint density at radius 3 is 2.40 bits per heavy atom. The van der Waals surface area contributed by atoms with Crippen LogP contribution >= 0.6 is 0 Å². The maximum atomic E-state index is 3.54. The molecule has 0 aromatic heterocycles. The van der Waals surface area contributed by atoms with E-state index in [-0.39, 0.29) is 0 Å². The molecule has 1 heteroatoms. The quantitative estimate of drug-likeness (QED) is 0.540. The summed E-state index contributed by atoms with van der Waals surface area (Å²) < 4.78 is 0. The molecule has 2 aliphatic rings. The van der Waals surface area contributed by atoms with Gasteiger partial charge in [-0.15, -0.1) is 0 Å². The minimum absolute atomic E-state index is 0.774. The van der Waals surface area contributed by atoms with E-state index < -0.39 is 0 Å². The Hall–Kier alpha value is -0.0400. The van der Waals surface area contributed by atoms with Crippen molar-refractivity contribution in [2.24, 2.45) is 5.41 Å². The summed E-state index contributed by atoms with van der Waals surface area (Å²) in [5, 5.41) is 3.54. The van der Waals surface area contributed by atoms with E-state index in [9.17, 15) is 0 Å². The lowest BCUT2D eigenvalue weighted by molar-refractivity contribution is 0.125. The van der Waals surface area contributed by atoms with Gasteiger partial charge < -0.3 is 5.32 Å². The summed E-state index contributed by atoms with van der Waals surface area (Å²) in [5.41, 5.74) is 0.774. The molecule has 1 heterocycles. The van der Waals surface area contributed by atoms with E-state index in [0.29, 0.717) is 0 Å². The monoisotopic (exact) mass is 139 g/mol. The summed E-state index contributed by atoms with van der Waals surface area (Å²) >= 11 is 0. The summed E-state index contributed by atoms with van der Waals surface area (Å²) in [4.78, 5) is 0. The van der Waals surface area contributed by atoms with Gasteiger partial charge in [-0.25, -0.2) is 0 Å². The van der Waals surface area contributed by atoms with Gasteiger partial charge in [0.1, 0.15) is 0 Å². The van der Waals surface area contributed by atoms with Crippen LogP contribution in [0.3, 0.4) is 0 Å². The Labute approximate surface area is 63.2 Å². The smallest absolute Gasteiger partial charge is 0.000780 e. The summed E-state index contributed by atoms with van der Waals surface area (Å²) in [7, 11) is 0. The second-order valence-electron chi connectivity index (χ2n) is 3.99. The average molecular weight is 139 g/mol. The first kappa shape index (κ1) is 6.66. The highest BCUT2D eigenvalue weighted by Gasteiger charge is 2.36. The van der Waals surface area contributed by atoms with Gasteiger partial charge in [-0.05, 0) is 37.6 Å². The number of rotatable bonds is 0. The van der Waals surface area contributed by atoms with E-state index in [4.69, 9.17) is 0 Å².